The van der Waals surface area contributed by atoms with Gasteiger partial charge in [0.05, 0.1) is 16.3 Å². The zero-order valence-electron chi connectivity index (χ0n) is 16.1. The van der Waals surface area contributed by atoms with Gasteiger partial charge in [-0.05, 0) is 35.6 Å². The van der Waals surface area contributed by atoms with Crippen LogP contribution in [-0.2, 0) is 6.61 Å². The van der Waals surface area contributed by atoms with Crippen molar-refractivity contribution >= 4 is 39.8 Å². The lowest BCUT2D eigenvalue weighted by atomic mass is 10.1. The average molecular weight is 467 g/mol. The molecule has 0 aromatic carbocycles. The predicted molar refractivity (Wildman–Crippen MR) is 112 cm³/mol. The number of pyridine rings is 2. The Hall–Kier alpha value is -2.92. The molecule has 4 rings (SSSR count). The number of piperidine rings is 1. The second-order valence-electron chi connectivity index (χ2n) is 6.80. The summed E-state index contributed by atoms with van der Waals surface area (Å²) >= 11 is 6.86. The first-order chi connectivity index (χ1) is 14.9. The van der Waals surface area contributed by atoms with Crippen molar-refractivity contribution in [3.8, 4) is 5.19 Å². The third kappa shape index (κ3) is 5.42. The smallest absolute Gasteiger partial charge is 0.296 e. The molecule has 0 spiro atoms. The molecule has 8 nitrogen and oxygen atoms in total. The molecule has 0 atom stereocenters. The van der Waals surface area contributed by atoms with Gasteiger partial charge in [-0.1, -0.05) is 16.7 Å². The fraction of sp³-hybridized carbons (Fsp3) is 0.316. The Morgan fingerprint density at radius 2 is 2.03 bits per heavy atom. The first-order valence-corrected chi connectivity index (χ1v) is 10.5. The number of halogens is 3. The van der Waals surface area contributed by atoms with Gasteiger partial charge in [0.15, 0.2) is 0 Å². The number of amides is 1. The van der Waals surface area contributed by atoms with Crippen LogP contribution >= 0.6 is 22.9 Å². The van der Waals surface area contributed by atoms with E-state index in [1.165, 1.54) is 12.4 Å². The minimum Gasteiger partial charge on any atom is -0.462 e. The van der Waals surface area contributed by atoms with Crippen LogP contribution in [0.15, 0.2) is 36.7 Å². The number of nitrogens with zero attached hydrogens (tertiary/aromatic N) is 5. The van der Waals surface area contributed by atoms with Gasteiger partial charge in [0, 0.05) is 38.3 Å². The van der Waals surface area contributed by atoms with Gasteiger partial charge in [-0.2, -0.15) is 0 Å². The van der Waals surface area contributed by atoms with Crippen molar-refractivity contribution in [2.24, 2.45) is 0 Å². The van der Waals surface area contributed by atoms with Crippen molar-refractivity contribution in [1.29, 1.82) is 0 Å². The van der Waals surface area contributed by atoms with Gasteiger partial charge in [-0.3, -0.25) is 15.1 Å². The second-order valence-corrected chi connectivity index (χ2v) is 8.18. The highest BCUT2D eigenvalue weighted by Crippen LogP contribution is 2.31. The Morgan fingerprint density at radius 1 is 1.23 bits per heavy atom. The molecule has 1 amide bonds. The van der Waals surface area contributed by atoms with Gasteiger partial charge in [-0.25, -0.2) is 13.8 Å². The second kappa shape index (κ2) is 9.06. The summed E-state index contributed by atoms with van der Waals surface area (Å²) < 4.78 is 32.5. The first-order valence-electron chi connectivity index (χ1n) is 9.35. The molecule has 1 aliphatic rings. The number of nitrogens with one attached hydrogen (secondary N) is 1. The van der Waals surface area contributed by atoms with Gasteiger partial charge >= 0.3 is 0 Å². The van der Waals surface area contributed by atoms with E-state index in [1.807, 2.05) is 0 Å². The van der Waals surface area contributed by atoms with E-state index in [1.54, 1.807) is 29.2 Å². The van der Waals surface area contributed by atoms with Crippen molar-refractivity contribution in [3.63, 3.8) is 0 Å². The molecule has 0 unspecified atom stereocenters. The molecule has 1 saturated heterocycles. The Kier molecular flexibility index (Phi) is 6.23. The van der Waals surface area contributed by atoms with E-state index in [4.69, 9.17) is 16.3 Å². The van der Waals surface area contributed by atoms with E-state index in [0.717, 1.165) is 11.3 Å². The van der Waals surface area contributed by atoms with Crippen molar-refractivity contribution in [3.05, 3.63) is 52.9 Å². The number of rotatable bonds is 6. The summed E-state index contributed by atoms with van der Waals surface area (Å²) in [5.41, 5.74) is 0.938. The summed E-state index contributed by atoms with van der Waals surface area (Å²) in [6, 6.07) is 6.64. The van der Waals surface area contributed by atoms with Gasteiger partial charge in [-0.15, -0.1) is 5.10 Å². The minimum atomic E-state index is -2.68. The number of carbonyl (C=O) groups excluding carboxylic acids is 1. The number of carbonyl (C=O) groups is 1. The topological polar surface area (TPSA) is 93.1 Å². The fourth-order valence-corrected chi connectivity index (χ4v) is 3.68. The van der Waals surface area contributed by atoms with E-state index in [0.29, 0.717) is 16.5 Å². The molecule has 1 N–H and O–H groups in total. The number of alkyl halides is 2. The highest BCUT2D eigenvalue weighted by atomic mass is 35.5. The van der Waals surface area contributed by atoms with E-state index in [2.05, 4.69) is 25.5 Å². The molecule has 3 aromatic heterocycles. The van der Waals surface area contributed by atoms with Crippen LogP contribution in [0.4, 0.5) is 19.7 Å². The maximum absolute atomic E-state index is 13.5. The normalized spacial score (nSPS) is 15.5. The summed E-state index contributed by atoms with van der Waals surface area (Å²) in [5.74, 6) is -2.77. The predicted octanol–water partition coefficient (Wildman–Crippen LogP) is 4.05. The lowest BCUT2D eigenvalue weighted by Gasteiger charge is -2.33. The standard InChI is InChI=1S/C19H17ClF2N6O2S/c20-12-3-4-13(24-10-12)11-30-18-27-26-17(31-18)25-16(29)14-2-1-7-23-15(14)28-8-5-19(21,22)6-9-28/h1-4,7,10H,5-6,8-9,11H2,(H,25,26,29). The number of ether oxygens (including phenoxy) is 1. The van der Waals surface area contributed by atoms with Crippen LogP contribution in [0, 0.1) is 0 Å². The Morgan fingerprint density at radius 3 is 2.77 bits per heavy atom. The van der Waals surface area contributed by atoms with Crippen LogP contribution in [0.5, 0.6) is 5.19 Å². The molecule has 162 valence electrons. The lowest BCUT2D eigenvalue weighted by Crippen LogP contribution is -2.40. The van der Waals surface area contributed by atoms with E-state index in [-0.39, 0.29) is 48.4 Å². The van der Waals surface area contributed by atoms with E-state index < -0.39 is 11.8 Å². The van der Waals surface area contributed by atoms with Crippen LogP contribution < -0.4 is 15.0 Å². The van der Waals surface area contributed by atoms with Crippen LogP contribution in [0.2, 0.25) is 5.02 Å². The molecule has 12 heteroatoms. The zero-order chi connectivity index (χ0) is 21.8. The molecule has 1 fully saturated rings. The number of anilines is 2. The van der Waals surface area contributed by atoms with Crippen molar-refractivity contribution in [2.75, 3.05) is 23.3 Å². The molecule has 0 aliphatic carbocycles. The Labute approximate surface area is 185 Å². The van der Waals surface area contributed by atoms with Crippen molar-refractivity contribution < 1.29 is 18.3 Å². The fourth-order valence-electron chi connectivity index (χ4n) is 2.98. The number of aromatic nitrogens is 4. The molecular formula is C19H17ClF2N6O2S. The van der Waals surface area contributed by atoms with Gasteiger partial charge in [0.2, 0.25) is 5.13 Å². The van der Waals surface area contributed by atoms with E-state index >= 15 is 0 Å². The van der Waals surface area contributed by atoms with Crippen LogP contribution in [0.25, 0.3) is 0 Å². The quantitative estimate of drug-likeness (QED) is 0.585. The molecule has 3 aromatic rings. The summed E-state index contributed by atoms with van der Waals surface area (Å²) in [4.78, 5) is 22.8. The number of hydrogen-bond donors (Lipinski definition) is 1. The monoisotopic (exact) mass is 466 g/mol. The summed E-state index contributed by atoms with van der Waals surface area (Å²) in [7, 11) is 0. The van der Waals surface area contributed by atoms with Crippen LogP contribution in [0.1, 0.15) is 28.9 Å². The lowest BCUT2D eigenvalue weighted by molar-refractivity contribution is -0.0221. The van der Waals surface area contributed by atoms with E-state index in [9.17, 15) is 13.6 Å². The molecule has 1 aliphatic heterocycles. The summed E-state index contributed by atoms with van der Waals surface area (Å²) in [6.45, 7) is 0.422. The zero-order valence-corrected chi connectivity index (χ0v) is 17.7. The van der Waals surface area contributed by atoms with Gasteiger partial charge in [0.25, 0.3) is 17.0 Å². The maximum Gasteiger partial charge on any atom is 0.296 e. The largest absolute Gasteiger partial charge is 0.462 e. The van der Waals surface area contributed by atoms with Crippen molar-refractivity contribution in [1.82, 2.24) is 20.2 Å². The molecule has 4 heterocycles. The maximum atomic E-state index is 13.5. The molecule has 0 bridgehead atoms. The van der Waals surface area contributed by atoms with Crippen LogP contribution in [0.3, 0.4) is 0 Å². The Balaban J connectivity index is 1.39. The molecule has 31 heavy (non-hydrogen) atoms. The van der Waals surface area contributed by atoms with Gasteiger partial charge in [0.1, 0.15) is 12.4 Å². The highest BCUT2D eigenvalue weighted by molar-refractivity contribution is 7.17. The third-order valence-electron chi connectivity index (χ3n) is 4.58. The van der Waals surface area contributed by atoms with Crippen LogP contribution in [-0.4, -0.2) is 45.1 Å². The molecule has 0 radical (unpaired) electrons. The summed E-state index contributed by atoms with van der Waals surface area (Å²) in [6.07, 6.45) is 2.50. The van der Waals surface area contributed by atoms with Gasteiger partial charge < -0.3 is 9.64 Å². The average Bonchev–Trinajstić information content (AvgIpc) is 3.20. The molecule has 0 saturated carbocycles. The highest BCUT2D eigenvalue weighted by Gasteiger charge is 2.35. The summed E-state index contributed by atoms with van der Waals surface area (Å²) in [5, 5.41) is 11.5. The SMILES string of the molecule is O=C(Nc1nnc(OCc2ccc(Cl)cn2)s1)c1cccnc1N1CCC(F)(F)CC1. The first kappa shape index (κ1) is 21.3. The molecular weight excluding hydrogens is 450 g/mol. The third-order valence-corrected chi connectivity index (χ3v) is 5.56. The number of hydrogen-bond acceptors (Lipinski definition) is 8. The Bertz CT molecular complexity index is 1060. The minimum absolute atomic E-state index is 0.125. The van der Waals surface area contributed by atoms with Crippen molar-refractivity contribution in [2.45, 2.75) is 25.4 Å².